The first-order chi connectivity index (χ1) is 9.22. The molecule has 0 atom stereocenters. The van der Waals surface area contributed by atoms with Gasteiger partial charge >= 0.3 is 0 Å². The van der Waals surface area contributed by atoms with Gasteiger partial charge in [0.2, 0.25) is 0 Å². The first kappa shape index (κ1) is 11.9. The minimum Gasteiger partial charge on any atom is -0.215 e. The summed E-state index contributed by atoms with van der Waals surface area (Å²) in [5.74, 6) is -0.205. The molecule has 0 unspecified atom stereocenters. The van der Waals surface area contributed by atoms with E-state index < -0.39 is 0 Å². The molecule has 0 saturated heterocycles. The molecule has 0 fully saturated rings. The Morgan fingerprint density at radius 2 is 1.47 bits per heavy atom. The molecule has 0 aliphatic rings. The molecule has 0 radical (unpaired) electrons. The molecule has 5 heteroatoms. The molecule has 0 aliphatic carbocycles. The maximum Gasteiger partial charge on any atom is 0.173 e. The van der Waals surface area contributed by atoms with Crippen LogP contribution in [0.3, 0.4) is 0 Å². The number of halogens is 2. The molecular formula is C14H8F2N2S. The molecular weight excluding hydrogens is 266 g/mol. The monoisotopic (exact) mass is 274 g/mol. The molecule has 0 spiro atoms. The molecule has 0 saturated carbocycles. The summed E-state index contributed by atoms with van der Waals surface area (Å²) in [7, 11) is 0. The highest BCUT2D eigenvalue weighted by Gasteiger charge is 2.09. The predicted molar refractivity (Wildman–Crippen MR) is 70.7 cm³/mol. The molecule has 0 amide bonds. The summed E-state index contributed by atoms with van der Waals surface area (Å²) in [5, 5.41) is 0.610. The number of aromatic nitrogens is 2. The Morgan fingerprint density at radius 1 is 0.842 bits per heavy atom. The fourth-order valence-corrected chi connectivity index (χ4v) is 2.39. The largest absolute Gasteiger partial charge is 0.215 e. The van der Waals surface area contributed by atoms with Gasteiger partial charge < -0.3 is 0 Å². The number of benzene rings is 2. The minimum atomic E-state index is -0.334. The first-order valence-corrected chi connectivity index (χ1v) is 6.35. The van der Waals surface area contributed by atoms with Gasteiger partial charge in [0.15, 0.2) is 5.82 Å². The van der Waals surface area contributed by atoms with E-state index in [1.807, 2.05) is 0 Å². The van der Waals surface area contributed by atoms with Gasteiger partial charge in [-0.1, -0.05) is 24.3 Å². The third-order valence-corrected chi connectivity index (χ3v) is 3.34. The van der Waals surface area contributed by atoms with Crippen molar-refractivity contribution in [1.82, 2.24) is 9.36 Å². The minimum absolute atomic E-state index is 0.319. The van der Waals surface area contributed by atoms with E-state index in [9.17, 15) is 8.78 Å². The van der Waals surface area contributed by atoms with Crippen molar-refractivity contribution in [3.63, 3.8) is 0 Å². The van der Waals surface area contributed by atoms with Gasteiger partial charge in [0, 0.05) is 11.1 Å². The number of nitrogens with zero attached hydrogens (tertiary/aromatic N) is 2. The van der Waals surface area contributed by atoms with Crippen molar-refractivity contribution in [3.05, 3.63) is 60.2 Å². The summed E-state index contributed by atoms with van der Waals surface area (Å²) < 4.78 is 30.5. The summed E-state index contributed by atoms with van der Waals surface area (Å²) in [4.78, 5) is 4.31. The number of hydrogen-bond acceptors (Lipinski definition) is 3. The maximum absolute atomic E-state index is 13.1. The van der Waals surface area contributed by atoms with Gasteiger partial charge in [-0.2, -0.15) is 4.37 Å². The van der Waals surface area contributed by atoms with E-state index in [1.165, 1.54) is 24.3 Å². The smallest absolute Gasteiger partial charge is 0.173 e. The lowest BCUT2D eigenvalue weighted by Gasteiger charge is -1.96. The zero-order valence-electron chi connectivity index (χ0n) is 9.68. The van der Waals surface area contributed by atoms with E-state index in [0.717, 1.165) is 11.5 Å². The van der Waals surface area contributed by atoms with Crippen LogP contribution in [0.15, 0.2) is 48.5 Å². The van der Waals surface area contributed by atoms with Gasteiger partial charge in [0.1, 0.15) is 16.6 Å². The quantitative estimate of drug-likeness (QED) is 0.701. The van der Waals surface area contributed by atoms with Crippen molar-refractivity contribution in [1.29, 1.82) is 0 Å². The topological polar surface area (TPSA) is 25.8 Å². The molecule has 0 bridgehead atoms. The summed E-state index contributed by atoms with van der Waals surface area (Å²) >= 11 is 1.16. The molecule has 2 aromatic carbocycles. The average Bonchev–Trinajstić information content (AvgIpc) is 2.88. The van der Waals surface area contributed by atoms with Crippen LogP contribution < -0.4 is 0 Å². The highest BCUT2D eigenvalue weighted by atomic mass is 32.1. The fourth-order valence-electron chi connectivity index (χ4n) is 1.71. The molecule has 19 heavy (non-hydrogen) atoms. The Morgan fingerprint density at radius 3 is 2.16 bits per heavy atom. The zero-order chi connectivity index (χ0) is 13.2. The lowest BCUT2D eigenvalue weighted by molar-refractivity contribution is 0.628. The average molecular weight is 274 g/mol. The summed E-state index contributed by atoms with van der Waals surface area (Å²) in [6.45, 7) is 0. The van der Waals surface area contributed by atoms with E-state index >= 15 is 0 Å². The second kappa shape index (κ2) is 4.85. The molecule has 3 aromatic rings. The zero-order valence-corrected chi connectivity index (χ0v) is 10.5. The highest BCUT2D eigenvalue weighted by Crippen LogP contribution is 2.26. The van der Waals surface area contributed by atoms with E-state index in [1.54, 1.807) is 24.3 Å². The van der Waals surface area contributed by atoms with Gasteiger partial charge in [-0.3, -0.25) is 0 Å². The second-order valence-corrected chi connectivity index (χ2v) is 4.70. The summed E-state index contributed by atoms with van der Waals surface area (Å²) in [6.07, 6.45) is 0. The van der Waals surface area contributed by atoms with Crippen LogP contribution >= 0.6 is 11.5 Å². The molecule has 94 valence electrons. The lowest BCUT2D eigenvalue weighted by Crippen LogP contribution is -1.83. The number of rotatable bonds is 2. The van der Waals surface area contributed by atoms with E-state index in [0.29, 0.717) is 22.0 Å². The van der Waals surface area contributed by atoms with Crippen LogP contribution in [0.2, 0.25) is 0 Å². The third-order valence-electron chi connectivity index (χ3n) is 2.58. The van der Waals surface area contributed by atoms with Crippen molar-refractivity contribution >= 4 is 11.5 Å². The van der Waals surface area contributed by atoms with Gasteiger partial charge in [-0.05, 0) is 35.8 Å². The molecule has 1 heterocycles. The Bertz CT molecular complexity index is 665. The molecule has 0 aliphatic heterocycles. The predicted octanol–water partition coefficient (Wildman–Crippen LogP) is 4.15. The Kier molecular flexibility index (Phi) is 3.05. The Hall–Kier alpha value is -2.14. The Labute approximate surface area is 112 Å². The number of hydrogen-bond donors (Lipinski definition) is 0. The van der Waals surface area contributed by atoms with Crippen molar-refractivity contribution < 1.29 is 8.78 Å². The first-order valence-electron chi connectivity index (χ1n) is 5.58. The maximum atomic E-state index is 13.1. The van der Waals surface area contributed by atoms with Gasteiger partial charge in [0.05, 0.1) is 0 Å². The van der Waals surface area contributed by atoms with Crippen LogP contribution in [-0.2, 0) is 0 Å². The third kappa shape index (κ3) is 2.51. The van der Waals surface area contributed by atoms with E-state index in [-0.39, 0.29) is 11.6 Å². The van der Waals surface area contributed by atoms with Crippen molar-refractivity contribution in [3.8, 4) is 22.0 Å². The van der Waals surface area contributed by atoms with Crippen molar-refractivity contribution in [2.24, 2.45) is 0 Å². The van der Waals surface area contributed by atoms with Crippen LogP contribution in [0.5, 0.6) is 0 Å². The van der Waals surface area contributed by atoms with Crippen LogP contribution in [0.4, 0.5) is 8.78 Å². The molecule has 2 nitrogen and oxygen atoms in total. The SMILES string of the molecule is Fc1cccc(-c2nsc(-c3cccc(F)c3)n2)c1. The van der Waals surface area contributed by atoms with Crippen molar-refractivity contribution in [2.75, 3.05) is 0 Å². The van der Waals surface area contributed by atoms with Crippen LogP contribution in [0.25, 0.3) is 22.0 Å². The van der Waals surface area contributed by atoms with Gasteiger partial charge in [-0.15, -0.1) is 0 Å². The normalized spacial score (nSPS) is 10.6. The fraction of sp³-hybridized carbons (Fsp3) is 0. The van der Waals surface area contributed by atoms with Crippen molar-refractivity contribution in [2.45, 2.75) is 0 Å². The molecule has 0 N–H and O–H groups in total. The molecule has 1 aromatic heterocycles. The van der Waals surface area contributed by atoms with Crippen LogP contribution in [0, 0.1) is 11.6 Å². The van der Waals surface area contributed by atoms with Crippen LogP contribution in [-0.4, -0.2) is 9.36 Å². The van der Waals surface area contributed by atoms with E-state index in [4.69, 9.17) is 0 Å². The second-order valence-electron chi connectivity index (χ2n) is 3.94. The Balaban J connectivity index is 2.00. The molecule has 3 rings (SSSR count). The summed E-state index contributed by atoms with van der Waals surface area (Å²) in [5.41, 5.74) is 1.28. The van der Waals surface area contributed by atoms with Crippen LogP contribution in [0.1, 0.15) is 0 Å². The standard InChI is InChI=1S/C14H8F2N2S/c15-11-5-1-3-9(7-11)13-17-14(19-18-13)10-4-2-6-12(16)8-10/h1-8H. The van der Waals surface area contributed by atoms with Gasteiger partial charge in [-0.25, -0.2) is 13.8 Å². The highest BCUT2D eigenvalue weighted by molar-refractivity contribution is 7.09. The van der Waals surface area contributed by atoms with E-state index in [2.05, 4.69) is 9.36 Å². The van der Waals surface area contributed by atoms with Gasteiger partial charge in [0.25, 0.3) is 0 Å². The summed E-state index contributed by atoms with van der Waals surface area (Å²) in [6, 6.07) is 12.2. The lowest BCUT2D eigenvalue weighted by atomic mass is 10.2.